The van der Waals surface area contributed by atoms with Gasteiger partial charge in [0.15, 0.2) is 0 Å². The van der Waals surface area contributed by atoms with Crippen LogP contribution in [-0.2, 0) is 28.2 Å². The average Bonchev–Trinajstić information content (AvgIpc) is 2.88. The van der Waals surface area contributed by atoms with E-state index in [1.165, 1.54) is 0 Å². The monoisotopic (exact) mass is 408 g/mol. The number of esters is 1. The molecule has 0 aliphatic heterocycles. The fourth-order valence-electron chi connectivity index (χ4n) is 3.28. The molecule has 1 aromatic carbocycles. The Labute approximate surface area is 166 Å². The highest BCUT2D eigenvalue weighted by Crippen LogP contribution is 2.33. The van der Waals surface area contributed by atoms with E-state index in [1.807, 2.05) is 42.8 Å². The molecule has 8 heteroatoms. The molecular weight excluding hydrogens is 380 g/mol. The first-order chi connectivity index (χ1) is 13.2. The lowest BCUT2D eigenvalue weighted by atomic mass is 10.0. The maximum atomic E-state index is 12.5. The summed E-state index contributed by atoms with van der Waals surface area (Å²) in [6.07, 6.45) is 1.92. The SMILES string of the molecule is CCOC(=O)c1c(-c2ccc(OCCNS(C)(=O)=O)cc2)c(C)c(CC)n1C. The highest BCUT2D eigenvalue weighted by molar-refractivity contribution is 7.88. The van der Waals surface area contributed by atoms with Gasteiger partial charge in [-0.15, -0.1) is 0 Å². The van der Waals surface area contributed by atoms with Gasteiger partial charge in [-0.1, -0.05) is 19.1 Å². The van der Waals surface area contributed by atoms with Gasteiger partial charge in [0.05, 0.1) is 12.9 Å². The number of rotatable bonds is 9. The molecule has 7 nitrogen and oxygen atoms in total. The summed E-state index contributed by atoms with van der Waals surface area (Å²) in [4.78, 5) is 12.5. The van der Waals surface area contributed by atoms with Crippen LogP contribution in [0.1, 0.15) is 35.6 Å². The van der Waals surface area contributed by atoms with Crippen LogP contribution in [0.4, 0.5) is 0 Å². The number of aromatic nitrogens is 1. The van der Waals surface area contributed by atoms with Crippen molar-refractivity contribution in [3.05, 3.63) is 41.2 Å². The van der Waals surface area contributed by atoms with E-state index >= 15 is 0 Å². The van der Waals surface area contributed by atoms with Crippen molar-refractivity contribution in [3.63, 3.8) is 0 Å². The van der Waals surface area contributed by atoms with Crippen molar-refractivity contribution in [3.8, 4) is 16.9 Å². The van der Waals surface area contributed by atoms with Crippen LogP contribution in [0.15, 0.2) is 24.3 Å². The van der Waals surface area contributed by atoms with Crippen LogP contribution in [0, 0.1) is 6.92 Å². The van der Waals surface area contributed by atoms with Crippen LogP contribution < -0.4 is 9.46 Å². The molecule has 0 aliphatic rings. The van der Waals surface area contributed by atoms with Crippen molar-refractivity contribution in [1.82, 2.24) is 9.29 Å². The lowest BCUT2D eigenvalue weighted by molar-refractivity contribution is 0.0516. The number of nitrogens with one attached hydrogen (secondary N) is 1. The molecule has 0 amide bonds. The third kappa shape index (κ3) is 5.14. The molecule has 154 valence electrons. The predicted octanol–water partition coefficient (Wildman–Crippen LogP) is 2.67. The Hall–Kier alpha value is -2.32. The largest absolute Gasteiger partial charge is 0.492 e. The van der Waals surface area contributed by atoms with E-state index in [1.54, 1.807) is 6.92 Å². The van der Waals surface area contributed by atoms with Crippen molar-refractivity contribution < 1.29 is 22.7 Å². The maximum absolute atomic E-state index is 12.5. The summed E-state index contributed by atoms with van der Waals surface area (Å²) >= 11 is 0. The van der Waals surface area contributed by atoms with E-state index < -0.39 is 10.0 Å². The van der Waals surface area contributed by atoms with Crippen LogP contribution in [-0.4, -0.2) is 45.0 Å². The summed E-state index contributed by atoms with van der Waals surface area (Å²) in [6.45, 7) is 6.61. The van der Waals surface area contributed by atoms with Gasteiger partial charge in [0, 0.05) is 24.8 Å². The number of ether oxygens (including phenoxy) is 2. The molecule has 0 atom stereocenters. The molecule has 2 rings (SSSR count). The van der Waals surface area contributed by atoms with E-state index in [4.69, 9.17) is 9.47 Å². The van der Waals surface area contributed by atoms with Crippen LogP contribution in [0.2, 0.25) is 0 Å². The Morgan fingerprint density at radius 3 is 2.36 bits per heavy atom. The number of nitrogens with zero attached hydrogens (tertiary/aromatic N) is 1. The molecule has 1 heterocycles. The third-order valence-electron chi connectivity index (χ3n) is 4.47. The van der Waals surface area contributed by atoms with Gasteiger partial charge < -0.3 is 14.0 Å². The lowest BCUT2D eigenvalue weighted by Crippen LogP contribution is -2.26. The van der Waals surface area contributed by atoms with Crippen LogP contribution in [0.3, 0.4) is 0 Å². The Morgan fingerprint density at radius 1 is 1.18 bits per heavy atom. The molecule has 1 N–H and O–H groups in total. The summed E-state index contributed by atoms with van der Waals surface area (Å²) in [5, 5.41) is 0. The Bertz CT molecular complexity index is 930. The molecule has 1 aromatic heterocycles. The molecule has 0 spiro atoms. The maximum Gasteiger partial charge on any atom is 0.355 e. The van der Waals surface area contributed by atoms with E-state index in [2.05, 4.69) is 11.6 Å². The number of hydrogen-bond acceptors (Lipinski definition) is 5. The zero-order valence-electron chi connectivity index (χ0n) is 17.0. The van der Waals surface area contributed by atoms with Gasteiger partial charge in [0.25, 0.3) is 0 Å². The Morgan fingerprint density at radius 2 is 1.82 bits per heavy atom. The molecule has 0 saturated carbocycles. The first-order valence-electron chi connectivity index (χ1n) is 9.22. The highest BCUT2D eigenvalue weighted by Gasteiger charge is 2.24. The zero-order chi connectivity index (χ0) is 20.9. The van der Waals surface area contributed by atoms with Gasteiger partial charge in [-0.25, -0.2) is 17.9 Å². The van der Waals surface area contributed by atoms with Crippen LogP contribution in [0.5, 0.6) is 5.75 Å². The number of carbonyl (C=O) groups excluding carboxylic acids is 1. The fraction of sp³-hybridized carbons (Fsp3) is 0.450. The number of sulfonamides is 1. The molecular formula is C20H28N2O5S. The van der Waals surface area contributed by atoms with E-state index in [-0.39, 0.29) is 19.1 Å². The molecule has 0 unspecified atom stereocenters. The highest BCUT2D eigenvalue weighted by atomic mass is 32.2. The topological polar surface area (TPSA) is 86.6 Å². The van der Waals surface area contributed by atoms with Crippen molar-refractivity contribution in [2.75, 3.05) is 26.0 Å². The summed E-state index contributed by atoms with van der Waals surface area (Å²) in [6, 6.07) is 7.40. The Kier molecular flexibility index (Phi) is 7.26. The smallest absolute Gasteiger partial charge is 0.355 e. The molecule has 0 saturated heterocycles. The molecule has 0 bridgehead atoms. The van der Waals surface area contributed by atoms with Gasteiger partial charge >= 0.3 is 5.97 Å². The van der Waals surface area contributed by atoms with Gasteiger partial charge in [-0.3, -0.25) is 0 Å². The van der Waals surface area contributed by atoms with Crippen LogP contribution in [0.25, 0.3) is 11.1 Å². The van der Waals surface area contributed by atoms with Crippen molar-refractivity contribution in [2.45, 2.75) is 27.2 Å². The van der Waals surface area contributed by atoms with Gasteiger partial charge in [-0.05, 0) is 43.5 Å². The van der Waals surface area contributed by atoms with Crippen molar-refractivity contribution >= 4 is 16.0 Å². The standard InChI is InChI=1S/C20H28N2O5S/c1-6-17-14(3)18(19(22(17)4)20(23)26-7-2)15-8-10-16(11-9-15)27-13-12-21-28(5,24)25/h8-11,21H,6-7,12-13H2,1-5H3. The summed E-state index contributed by atoms with van der Waals surface area (Å²) in [5.74, 6) is 0.288. The van der Waals surface area contributed by atoms with Gasteiger partial charge in [0.2, 0.25) is 10.0 Å². The number of carbonyl (C=O) groups is 1. The molecule has 28 heavy (non-hydrogen) atoms. The minimum atomic E-state index is -3.22. The second-order valence-electron chi connectivity index (χ2n) is 6.47. The first kappa shape index (κ1) is 22.0. The zero-order valence-corrected chi connectivity index (χ0v) is 17.9. The molecule has 2 aromatic rings. The third-order valence-corrected chi connectivity index (χ3v) is 5.20. The quantitative estimate of drug-likeness (QED) is 0.509. The Balaban J connectivity index is 2.26. The summed E-state index contributed by atoms with van der Waals surface area (Å²) in [5.41, 5.74) is 4.45. The molecule has 0 radical (unpaired) electrons. The van der Waals surface area contributed by atoms with E-state index in [0.29, 0.717) is 18.1 Å². The normalized spacial score (nSPS) is 11.5. The number of hydrogen-bond donors (Lipinski definition) is 1. The minimum absolute atomic E-state index is 0.200. The summed E-state index contributed by atoms with van der Waals surface area (Å²) < 4.78 is 37.2. The minimum Gasteiger partial charge on any atom is -0.492 e. The first-order valence-corrected chi connectivity index (χ1v) is 11.1. The van der Waals surface area contributed by atoms with E-state index in [9.17, 15) is 13.2 Å². The van der Waals surface area contributed by atoms with Gasteiger partial charge in [-0.2, -0.15) is 0 Å². The van der Waals surface area contributed by atoms with Crippen LogP contribution >= 0.6 is 0 Å². The second kappa shape index (κ2) is 9.25. The molecule has 0 aliphatic carbocycles. The van der Waals surface area contributed by atoms with E-state index in [0.717, 1.165) is 35.1 Å². The van der Waals surface area contributed by atoms with Crippen molar-refractivity contribution in [2.24, 2.45) is 7.05 Å². The van der Waals surface area contributed by atoms with Crippen molar-refractivity contribution in [1.29, 1.82) is 0 Å². The number of benzene rings is 1. The lowest BCUT2D eigenvalue weighted by Gasteiger charge is -2.10. The summed E-state index contributed by atoms with van der Waals surface area (Å²) in [7, 11) is -1.34. The van der Waals surface area contributed by atoms with Gasteiger partial charge in [0.1, 0.15) is 18.1 Å². The molecule has 0 fully saturated rings. The average molecular weight is 409 g/mol. The predicted molar refractivity (Wildman–Crippen MR) is 109 cm³/mol. The second-order valence-corrected chi connectivity index (χ2v) is 8.30. The fourth-order valence-corrected chi connectivity index (χ4v) is 3.74.